The summed E-state index contributed by atoms with van der Waals surface area (Å²) in [6.45, 7) is 4.77. The molecule has 5 heteroatoms. The zero-order chi connectivity index (χ0) is 18.9. The number of ether oxygens (including phenoxy) is 1. The van der Waals surface area contributed by atoms with Crippen molar-refractivity contribution in [1.82, 2.24) is 10.6 Å². The highest BCUT2D eigenvalue weighted by Crippen LogP contribution is 2.25. The molecule has 0 aliphatic carbocycles. The molecule has 1 unspecified atom stereocenters. The molecule has 0 spiro atoms. The first kappa shape index (κ1) is 22.3. The molecule has 1 amide bonds. The van der Waals surface area contributed by atoms with Crippen LogP contribution < -0.4 is 15.4 Å². The predicted octanol–water partition coefficient (Wildman–Crippen LogP) is 4.49. The number of carbonyl (C=O) groups excluding carboxylic acids is 1. The smallest absolute Gasteiger partial charge is 0.220 e. The van der Waals surface area contributed by atoms with Gasteiger partial charge in [0.1, 0.15) is 5.75 Å². The van der Waals surface area contributed by atoms with Crippen molar-refractivity contribution in [2.45, 2.75) is 38.6 Å². The Morgan fingerprint density at radius 2 is 1.71 bits per heavy atom. The first-order valence-corrected chi connectivity index (χ1v) is 10.0. The van der Waals surface area contributed by atoms with E-state index >= 15 is 0 Å². The minimum atomic E-state index is -0.137. The lowest BCUT2D eigenvalue weighted by Crippen LogP contribution is -2.31. The Morgan fingerprint density at radius 3 is 2.36 bits per heavy atom. The number of piperidine rings is 1. The van der Waals surface area contributed by atoms with Gasteiger partial charge in [0, 0.05) is 6.42 Å². The highest BCUT2D eigenvalue weighted by atomic mass is 35.5. The third-order valence-corrected chi connectivity index (χ3v) is 5.20. The summed E-state index contributed by atoms with van der Waals surface area (Å²) >= 11 is 0. The summed E-state index contributed by atoms with van der Waals surface area (Å²) in [5.74, 6) is 1.64. The van der Waals surface area contributed by atoms with Crippen LogP contribution in [0, 0.1) is 5.92 Å². The van der Waals surface area contributed by atoms with E-state index in [0.29, 0.717) is 18.9 Å². The first-order chi connectivity index (χ1) is 13.3. The number of nitrogens with one attached hydrogen (secondary N) is 2. The van der Waals surface area contributed by atoms with E-state index in [1.807, 2.05) is 49.4 Å². The van der Waals surface area contributed by atoms with Gasteiger partial charge >= 0.3 is 0 Å². The van der Waals surface area contributed by atoms with Gasteiger partial charge in [0.2, 0.25) is 5.91 Å². The molecule has 1 heterocycles. The van der Waals surface area contributed by atoms with E-state index in [9.17, 15) is 4.79 Å². The van der Waals surface area contributed by atoms with Gasteiger partial charge in [0.05, 0.1) is 12.6 Å². The molecule has 0 radical (unpaired) electrons. The Bertz CT molecular complexity index is 700. The number of amides is 1. The minimum Gasteiger partial charge on any atom is -0.494 e. The molecule has 1 fully saturated rings. The molecule has 0 bridgehead atoms. The summed E-state index contributed by atoms with van der Waals surface area (Å²) in [5, 5.41) is 6.63. The highest BCUT2D eigenvalue weighted by Gasteiger charge is 2.19. The second-order valence-corrected chi connectivity index (χ2v) is 7.15. The fourth-order valence-electron chi connectivity index (χ4n) is 3.67. The number of benzene rings is 2. The average molecular weight is 403 g/mol. The van der Waals surface area contributed by atoms with Gasteiger partial charge in [-0.05, 0) is 68.5 Å². The van der Waals surface area contributed by atoms with Crippen molar-refractivity contribution in [2.24, 2.45) is 5.92 Å². The Labute approximate surface area is 174 Å². The van der Waals surface area contributed by atoms with Gasteiger partial charge in [0.25, 0.3) is 0 Å². The molecule has 2 N–H and O–H groups in total. The summed E-state index contributed by atoms with van der Waals surface area (Å²) in [7, 11) is 0. The van der Waals surface area contributed by atoms with Crippen LogP contribution in [0.5, 0.6) is 5.75 Å². The van der Waals surface area contributed by atoms with E-state index in [1.54, 1.807) is 0 Å². The molecule has 1 saturated heterocycles. The van der Waals surface area contributed by atoms with Crippen molar-refractivity contribution in [3.05, 3.63) is 65.7 Å². The second-order valence-electron chi connectivity index (χ2n) is 7.15. The van der Waals surface area contributed by atoms with Gasteiger partial charge in [-0.2, -0.15) is 0 Å². The van der Waals surface area contributed by atoms with E-state index in [4.69, 9.17) is 4.74 Å². The molecular formula is C23H31ClN2O2. The summed E-state index contributed by atoms with van der Waals surface area (Å²) in [4.78, 5) is 12.7. The van der Waals surface area contributed by atoms with Crippen LogP contribution in [0.2, 0.25) is 0 Å². The lowest BCUT2D eigenvalue weighted by Gasteiger charge is -2.23. The molecule has 1 atom stereocenters. The van der Waals surface area contributed by atoms with Crippen LogP contribution in [0.15, 0.2) is 54.6 Å². The molecule has 0 saturated carbocycles. The zero-order valence-corrected chi connectivity index (χ0v) is 17.3. The van der Waals surface area contributed by atoms with Crippen LogP contribution >= 0.6 is 12.4 Å². The molecular weight excluding hydrogens is 372 g/mol. The lowest BCUT2D eigenvalue weighted by molar-refractivity contribution is -0.121. The topological polar surface area (TPSA) is 50.4 Å². The third-order valence-electron chi connectivity index (χ3n) is 5.20. The number of hydrogen-bond acceptors (Lipinski definition) is 3. The molecule has 1 aliphatic rings. The third kappa shape index (κ3) is 6.54. The van der Waals surface area contributed by atoms with Gasteiger partial charge < -0.3 is 15.4 Å². The average Bonchev–Trinajstić information content (AvgIpc) is 2.73. The van der Waals surface area contributed by atoms with Gasteiger partial charge in [-0.25, -0.2) is 0 Å². The predicted molar refractivity (Wildman–Crippen MR) is 116 cm³/mol. The van der Waals surface area contributed by atoms with Crippen molar-refractivity contribution in [3.8, 4) is 5.75 Å². The van der Waals surface area contributed by atoms with E-state index in [2.05, 4.69) is 22.8 Å². The minimum absolute atomic E-state index is 0. The van der Waals surface area contributed by atoms with Gasteiger partial charge in [0.15, 0.2) is 0 Å². The van der Waals surface area contributed by atoms with Crippen molar-refractivity contribution < 1.29 is 9.53 Å². The van der Waals surface area contributed by atoms with E-state index in [-0.39, 0.29) is 24.4 Å². The van der Waals surface area contributed by atoms with Crippen molar-refractivity contribution >= 4 is 18.3 Å². The summed E-state index contributed by atoms with van der Waals surface area (Å²) < 4.78 is 5.54. The van der Waals surface area contributed by atoms with Crippen LogP contribution in [0.3, 0.4) is 0 Å². The SMILES string of the molecule is CCOc1ccc(C(NC(=O)CCC2CCNCC2)c2ccccc2)cc1.Cl. The van der Waals surface area contributed by atoms with E-state index in [1.165, 1.54) is 12.8 Å². The standard InChI is InChI=1S/C23H30N2O2.ClH/c1-2-27-21-11-9-20(10-12-21)23(19-6-4-3-5-7-19)25-22(26)13-8-18-14-16-24-17-15-18;/h3-7,9-12,18,23-24H,2,8,13-17H2,1H3,(H,25,26);1H. The summed E-state index contributed by atoms with van der Waals surface area (Å²) in [6, 6.07) is 18.0. The molecule has 2 aromatic carbocycles. The van der Waals surface area contributed by atoms with Crippen LogP contribution in [-0.2, 0) is 4.79 Å². The molecule has 152 valence electrons. The number of rotatable bonds is 8. The molecule has 0 aromatic heterocycles. The molecule has 28 heavy (non-hydrogen) atoms. The Balaban J connectivity index is 0.00000280. The fourth-order valence-corrected chi connectivity index (χ4v) is 3.67. The monoisotopic (exact) mass is 402 g/mol. The van der Waals surface area contributed by atoms with Crippen LogP contribution in [0.1, 0.15) is 49.8 Å². The van der Waals surface area contributed by atoms with Crippen LogP contribution in [0.4, 0.5) is 0 Å². The quantitative estimate of drug-likeness (QED) is 0.683. The van der Waals surface area contributed by atoms with Crippen molar-refractivity contribution in [2.75, 3.05) is 19.7 Å². The Kier molecular flexibility index (Phi) is 9.32. The number of halogens is 1. The zero-order valence-electron chi connectivity index (χ0n) is 16.5. The van der Waals surface area contributed by atoms with Crippen LogP contribution in [0.25, 0.3) is 0 Å². The maximum absolute atomic E-state index is 12.7. The second kappa shape index (κ2) is 11.7. The van der Waals surface area contributed by atoms with Crippen molar-refractivity contribution in [1.29, 1.82) is 0 Å². The Hall–Kier alpha value is -2.04. The largest absolute Gasteiger partial charge is 0.494 e. The van der Waals surface area contributed by atoms with Gasteiger partial charge in [-0.1, -0.05) is 42.5 Å². The first-order valence-electron chi connectivity index (χ1n) is 10.0. The molecule has 1 aliphatic heterocycles. The molecule has 2 aromatic rings. The molecule has 3 rings (SSSR count). The maximum Gasteiger partial charge on any atom is 0.220 e. The lowest BCUT2D eigenvalue weighted by atomic mass is 9.92. The fraction of sp³-hybridized carbons (Fsp3) is 0.435. The van der Waals surface area contributed by atoms with Crippen LogP contribution in [-0.4, -0.2) is 25.6 Å². The summed E-state index contributed by atoms with van der Waals surface area (Å²) in [6.07, 6.45) is 3.91. The number of hydrogen-bond donors (Lipinski definition) is 2. The van der Waals surface area contributed by atoms with Crippen molar-refractivity contribution in [3.63, 3.8) is 0 Å². The van der Waals surface area contributed by atoms with E-state index < -0.39 is 0 Å². The van der Waals surface area contributed by atoms with E-state index in [0.717, 1.165) is 36.4 Å². The molecule has 4 nitrogen and oxygen atoms in total. The Morgan fingerprint density at radius 1 is 1.07 bits per heavy atom. The maximum atomic E-state index is 12.7. The normalized spacial score (nSPS) is 15.3. The summed E-state index contributed by atoms with van der Waals surface area (Å²) in [5.41, 5.74) is 2.16. The highest BCUT2D eigenvalue weighted by molar-refractivity contribution is 5.85. The van der Waals surface area contributed by atoms with Gasteiger partial charge in [-0.3, -0.25) is 4.79 Å². The number of carbonyl (C=O) groups is 1. The van der Waals surface area contributed by atoms with Gasteiger partial charge in [-0.15, -0.1) is 12.4 Å².